The molecule has 0 aliphatic carbocycles. The van der Waals surface area contributed by atoms with Gasteiger partial charge in [0, 0.05) is 12.8 Å². The van der Waals surface area contributed by atoms with E-state index in [0.717, 1.165) is 5.56 Å². The van der Waals surface area contributed by atoms with Gasteiger partial charge in [-0.1, -0.05) is 24.6 Å². The smallest absolute Gasteiger partial charge is 0.297 e. The quantitative estimate of drug-likeness (QED) is 0.762. The number of Topliss-reactive ketones (excluding diaryl/α,β-unsaturated/α-hetero) is 1. The molecule has 1 aromatic rings. The van der Waals surface area contributed by atoms with E-state index in [1.54, 1.807) is 12.1 Å². The SMILES string of the molecule is CC[C@]12CCC(=O)[C@H](O1)[C@H](COS(=O)(=O)c1ccc(C)cc1)O2. The maximum absolute atomic E-state index is 12.2. The van der Waals surface area contributed by atoms with Crippen LogP contribution in [0.4, 0.5) is 0 Å². The van der Waals surface area contributed by atoms with Gasteiger partial charge < -0.3 is 9.47 Å². The zero-order valence-corrected chi connectivity index (χ0v) is 14.0. The Morgan fingerprint density at radius 2 is 1.96 bits per heavy atom. The fourth-order valence-electron chi connectivity index (χ4n) is 2.91. The maximum atomic E-state index is 12.2. The first-order valence-corrected chi connectivity index (χ1v) is 9.10. The Kier molecular flexibility index (Phi) is 4.31. The Morgan fingerprint density at radius 3 is 2.61 bits per heavy atom. The third kappa shape index (κ3) is 3.19. The highest BCUT2D eigenvalue weighted by atomic mass is 32.2. The number of ketones is 1. The van der Waals surface area contributed by atoms with Crippen molar-refractivity contribution >= 4 is 15.9 Å². The average molecular weight is 340 g/mol. The highest BCUT2D eigenvalue weighted by Crippen LogP contribution is 2.40. The molecule has 126 valence electrons. The Labute approximate surface area is 135 Å². The van der Waals surface area contributed by atoms with Crippen molar-refractivity contribution in [3.63, 3.8) is 0 Å². The lowest BCUT2D eigenvalue weighted by Gasteiger charge is -2.29. The number of carbonyl (C=O) groups excluding carboxylic acids is 1. The monoisotopic (exact) mass is 340 g/mol. The normalized spacial score (nSPS) is 30.6. The topological polar surface area (TPSA) is 78.9 Å². The van der Waals surface area contributed by atoms with Gasteiger partial charge in [-0.3, -0.25) is 8.98 Å². The van der Waals surface area contributed by atoms with Crippen LogP contribution >= 0.6 is 0 Å². The molecule has 6 nitrogen and oxygen atoms in total. The number of ether oxygens (including phenoxy) is 2. The molecule has 2 bridgehead atoms. The van der Waals surface area contributed by atoms with Crippen LogP contribution < -0.4 is 0 Å². The first-order chi connectivity index (χ1) is 10.9. The fraction of sp³-hybridized carbons (Fsp3) is 0.562. The lowest BCUT2D eigenvalue weighted by Crippen LogP contribution is -2.39. The summed E-state index contributed by atoms with van der Waals surface area (Å²) in [6.45, 7) is 3.56. The van der Waals surface area contributed by atoms with Gasteiger partial charge in [0.2, 0.25) is 0 Å². The number of rotatable bonds is 5. The van der Waals surface area contributed by atoms with E-state index < -0.39 is 28.1 Å². The van der Waals surface area contributed by atoms with E-state index in [1.165, 1.54) is 12.1 Å². The molecule has 0 aromatic heterocycles. The Bertz CT molecular complexity index is 696. The molecule has 2 heterocycles. The molecule has 23 heavy (non-hydrogen) atoms. The summed E-state index contributed by atoms with van der Waals surface area (Å²) < 4.78 is 41.0. The number of hydrogen-bond acceptors (Lipinski definition) is 6. The summed E-state index contributed by atoms with van der Waals surface area (Å²) >= 11 is 0. The van der Waals surface area contributed by atoms with Gasteiger partial charge in [0.25, 0.3) is 10.1 Å². The zero-order valence-electron chi connectivity index (χ0n) is 13.2. The Hall–Kier alpha value is -1.28. The van der Waals surface area contributed by atoms with E-state index >= 15 is 0 Å². The second-order valence-corrected chi connectivity index (χ2v) is 7.59. The summed E-state index contributed by atoms with van der Waals surface area (Å²) in [5.74, 6) is -0.840. The number of carbonyl (C=O) groups is 1. The van der Waals surface area contributed by atoms with E-state index in [4.69, 9.17) is 13.7 Å². The van der Waals surface area contributed by atoms with E-state index in [0.29, 0.717) is 19.3 Å². The molecule has 0 spiro atoms. The molecule has 2 fully saturated rings. The first kappa shape index (κ1) is 16.6. The molecule has 3 rings (SSSR count). The van der Waals surface area contributed by atoms with E-state index in [9.17, 15) is 13.2 Å². The van der Waals surface area contributed by atoms with Crippen LogP contribution in [-0.2, 0) is 28.6 Å². The van der Waals surface area contributed by atoms with Gasteiger partial charge in [0.05, 0.1) is 11.5 Å². The van der Waals surface area contributed by atoms with E-state index in [-0.39, 0.29) is 17.3 Å². The lowest BCUT2D eigenvalue weighted by molar-refractivity contribution is -0.196. The largest absolute Gasteiger partial charge is 0.341 e. The van der Waals surface area contributed by atoms with Crippen LogP contribution in [-0.4, -0.2) is 38.8 Å². The Morgan fingerprint density at radius 1 is 1.26 bits per heavy atom. The molecule has 2 aliphatic heterocycles. The van der Waals surface area contributed by atoms with Crippen molar-refractivity contribution in [1.29, 1.82) is 0 Å². The predicted octanol–water partition coefficient (Wildman–Crippen LogP) is 1.95. The molecule has 0 radical (unpaired) electrons. The molecule has 0 unspecified atom stereocenters. The lowest BCUT2D eigenvalue weighted by atomic mass is 9.99. The zero-order chi connectivity index (χ0) is 16.7. The third-order valence-corrected chi connectivity index (χ3v) is 5.65. The average Bonchev–Trinajstić information content (AvgIpc) is 2.85. The summed E-state index contributed by atoms with van der Waals surface area (Å²) in [4.78, 5) is 12.0. The maximum Gasteiger partial charge on any atom is 0.297 e. The fourth-order valence-corrected chi connectivity index (χ4v) is 3.83. The van der Waals surface area contributed by atoms with Gasteiger partial charge in [-0.05, 0) is 25.5 Å². The first-order valence-electron chi connectivity index (χ1n) is 7.70. The molecule has 0 N–H and O–H groups in total. The molecular weight excluding hydrogens is 320 g/mol. The van der Waals surface area contributed by atoms with Gasteiger partial charge >= 0.3 is 0 Å². The van der Waals surface area contributed by atoms with Crippen molar-refractivity contribution in [3.05, 3.63) is 29.8 Å². The molecular formula is C16H20O6S. The van der Waals surface area contributed by atoms with Gasteiger partial charge in [-0.25, -0.2) is 0 Å². The van der Waals surface area contributed by atoms with Crippen molar-refractivity contribution in [1.82, 2.24) is 0 Å². The highest BCUT2D eigenvalue weighted by Gasteiger charge is 2.53. The number of fused-ring (bicyclic) bond motifs is 2. The molecule has 3 atom stereocenters. The van der Waals surface area contributed by atoms with Crippen LogP contribution in [0.1, 0.15) is 31.7 Å². The summed E-state index contributed by atoms with van der Waals surface area (Å²) in [6.07, 6.45) is 0.0692. The van der Waals surface area contributed by atoms with Gasteiger partial charge in [-0.15, -0.1) is 0 Å². The molecule has 2 saturated heterocycles. The minimum Gasteiger partial charge on any atom is -0.341 e. The molecule has 0 saturated carbocycles. The van der Waals surface area contributed by atoms with Crippen molar-refractivity contribution in [2.24, 2.45) is 0 Å². The van der Waals surface area contributed by atoms with Crippen LogP contribution in [0.2, 0.25) is 0 Å². The number of hydrogen-bond donors (Lipinski definition) is 0. The van der Waals surface area contributed by atoms with Gasteiger partial charge in [-0.2, -0.15) is 8.42 Å². The van der Waals surface area contributed by atoms with Gasteiger partial charge in [0.15, 0.2) is 11.6 Å². The molecule has 1 aromatic carbocycles. The van der Waals surface area contributed by atoms with E-state index in [1.807, 2.05) is 13.8 Å². The van der Waals surface area contributed by atoms with Crippen LogP contribution in [0, 0.1) is 6.92 Å². The van der Waals surface area contributed by atoms with Crippen molar-refractivity contribution in [2.45, 2.75) is 56.0 Å². The van der Waals surface area contributed by atoms with Crippen LogP contribution in [0.25, 0.3) is 0 Å². The van der Waals surface area contributed by atoms with Crippen LogP contribution in [0.5, 0.6) is 0 Å². The van der Waals surface area contributed by atoms with Crippen LogP contribution in [0.3, 0.4) is 0 Å². The third-order valence-electron chi connectivity index (χ3n) is 4.35. The van der Waals surface area contributed by atoms with Crippen molar-refractivity contribution in [3.8, 4) is 0 Å². The van der Waals surface area contributed by atoms with Crippen molar-refractivity contribution in [2.75, 3.05) is 6.61 Å². The second-order valence-electron chi connectivity index (χ2n) is 5.98. The molecule has 7 heteroatoms. The Balaban J connectivity index is 1.70. The summed E-state index contributed by atoms with van der Waals surface area (Å²) in [6, 6.07) is 6.39. The summed E-state index contributed by atoms with van der Waals surface area (Å²) in [5, 5.41) is 0. The summed E-state index contributed by atoms with van der Waals surface area (Å²) in [7, 11) is -3.88. The highest BCUT2D eigenvalue weighted by molar-refractivity contribution is 7.86. The van der Waals surface area contributed by atoms with Crippen molar-refractivity contribution < 1.29 is 26.9 Å². The number of benzene rings is 1. The van der Waals surface area contributed by atoms with Crippen LogP contribution in [0.15, 0.2) is 29.2 Å². The van der Waals surface area contributed by atoms with Gasteiger partial charge in [0.1, 0.15) is 12.2 Å². The second kappa shape index (κ2) is 5.98. The minimum atomic E-state index is -3.88. The standard InChI is InChI=1S/C16H20O6S/c1-3-16-9-8-13(17)15(22-16)14(21-16)10-20-23(18,19)12-6-4-11(2)5-7-12/h4-7,14-15H,3,8-10H2,1-2H3/t14-,15-,16+/m0/s1. The minimum absolute atomic E-state index is 0.0621. The number of aryl methyl sites for hydroxylation is 1. The predicted molar refractivity (Wildman–Crippen MR) is 81.3 cm³/mol. The van der Waals surface area contributed by atoms with E-state index in [2.05, 4.69) is 0 Å². The molecule has 0 amide bonds. The molecule has 2 aliphatic rings. The summed E-state index contributed by atoms with van der Waals surface area (Å²) in [5.41, 5.74) is 0.959.